The number of hydrogen-bond donors (Lipinski definition) is 2. The highest BCUT2D eigenvalue weighted by Gasteiger charge is 2.31. The number of carbonyl (C=O) groups is 1. The Morgan fingerprint density at radius 2 is 2.23 bits per heavy atom. The van der Waals surface area contributed by atoms with E-state index in [1.165, 1.54) is 5.56 Å². The van der Waals surface area contributed by atoms with Crippen molar-refractivity contribution in [2.45, 2.75) is 19.4 Å². The molecule has 0 bridgehead atoms. The molecule has 2 aromatic rings. The van der Waals surface area contributed by atoms with Crippen LogP contribution in [0.1, 0.15) is 21.7 Å². The van der Waals surface area contributed by atoms with E-state index < -0.39 is 0 Å². The van der Waals surface area contributed by atoms with E-state index in [4.69, 9.17) is 16.3 Å². The first kappa shape index (κ1) is 15.0. The Balaban J connectivity index is 1.66. The van der Waals surface area contributed by atoms with E-state index in [9.17, 15) is 4.79 Å². The van der Waals surface area contributed by atoms with Crippen molar-refractivity contribution >= 4 is 17.5 Å². The molecule has 7 heteroatoms. The maximum Gasteiger partial charge on any atom is 0.273 e. The lowest BCUT2D eigenvalue weighted by Gasteiger charge is -2.18. The molecule has 0 saturated carbocycles. The number of nitrogens with zero attached hydrogens (tertiary/aromatic N) is 2. The molecule has 0 radical (unpaired) electrons. The average molecular weight is 321 g/mol. The van der Waals surface area contributed by atoms with Crippen molar-refractivity contribution in [3.63, 3.8) is 0 Å². The molecule has 0 aromatic carbocycles. The topological polar surface area (TPSA) is 79.9 Å². The van der Waals surface area contributed by atoms with Crippen molar-refractivity contribution in [2.24, 2.45) is 5.92 Å². The minimum atomic E-state index is -0.274. The molecular formula is C15H17ClN4O2. The zero-order valence-electron chi connectivity index (χ0n) is 12.2. The number of aromatic nitrogens is 3. The van der Waals surface area contributed by atoms with Crippen molar-refractivity contribution in [2.75, 3.05) is 13.2 Å². The van der Waals surface area contributed by atoms with Crippen LogP contribution < -0.4 is 5.32 Å². The molecule has 2 atom stereocenters. The molecule has 1 saturated heterocycles. The van der Waals surface area contributed by atoms with Gasteiger partial charge >= 0.3 is 0 Å². The maximum atomic E-state index is 12.3. The van der Waals surface area contributed by atoms with E-state index >= 15 is 0 Å². The van der Waals surface area contributed by atoms with Crippen molar-refractivity contribution in [3.8, 4) is 0 Å². The van der Waals surface area contributed by atoms with E-state index in [2.05, 4.69) is 20.5 Å². The first-order chi connectivity index (χ1) is 10.6. The van der Waals surface area contributed by atoms with E-state index in [0.717, 1.165) is 6.42 Å². The Kier molecular flexibility index (Phi) is 4.40. The zero-order valence-corrected chi connectivity index (χ0v) is 12.9. The second-order valence-electron chi connectivity index (χ2n) is 5.45. The minimum Gasteiger partial charge on any atom is -0.379 e. The fourth-order valence-corrected chi connectivity index (χ4v) is 2.75. The predicted octanol–water partition coefficient (Wildman–Crippen LogP) is 1.75. The lowest BCUT2D eigenvalue weighted by Crippen LogP contribution is -2.40. The number of rotatable bonds is 4. The number of hydrogen-bond acceptors (Lipinski definition) is 4. The van der Waals surface area contributed by atoms with Gasteiger partial charge in [-0.05, 0) is 31.0 Å². The molecule has 2 N–H and O–H groups in total. The number of amides is 1. The molecule has 0 aliphatic carbocycles. The summed E-state index contributed by atoms with van der Waals surface area (Å²) in [6.07, 6.45) is 4.37. The van der Waals surface area contributed by atoms with Crippen LogP contribution >= 0.6 is 11.6 Å². The number of nitrogens with one attached hydrogen (secondary N) is 2. The molecule has 3 heterocycles. The van der Waals surface area contributed by atoms with Gasteiger partial charge in [0, 0.05) is 18.3 Å². The van der Waals surface area contributed by atoms with E-state index in [1.807, 2.05) is 12.1 Å². The number of halogens is 1. The van der Waals surface area contributed by atoms with Crippen LogP contribution in [0.25, 0.3) is 0 Å². The van der Waals surface area contributed by atoms with Crippen LogP contribution in [0.2, 0.25) is 5.02 Å². The second-order valence-corrected chi connectivity index (χ2v) is 5.83. The number of aromatic amines is 1. The highest BCUT2D eigenvalue weighted by molar-refractivity contribution is 6.34. The first-order valence-corrected chi connectivity index (χ1v) is 7.51. The van der Waals surface area contributed by atoms with Gasteiger partial charge in [-0.15, -0.1) is 0 Å². The third-order valence-corrected chi connectivity index (χ3v) is 4.31. The van der Waals surface area contributed by atoms with Gasteiger partial charge in [-0.3, -0.25) is 14.9 Å². The molecule has 22 heavy (non-hydrogen) atoms. The second kappa shape index (κ2) is 6.46. The molecule has 2 aromatic heterocycles. The summed E-state index contributed by atoms with van der Waals surface area (Å²) in [5.41, 5.74) is 2.09. The lowest BCUT2D eigenvalue weighted by molar-refractivity contribution is 0.0920. The highest BCUT2D eigenvalue weighted by atomic mass is 35.5. The molecule has 2 unspecified atom stereocenters. The molecule has 3 rings (SSSR count). The molecule has 116 valence electrons. The molecule has 1 amide bonds. The highest BCUT2D eigenvalue weighted by Crippen LogP contribution is 2.21. The van der Waals surface area contributed by atoms with Crippen molar-refractivity contribution in [1.29, 1.82) is 0 Å². The van der Waals surface area contributed by atoms with Crippen molar-refractivity contribution in [1.82, 2.24) is 20.5 Å². The number of aryl methyl sites for hydroxylation is 1. The summed E-state index contributed by atoms with van der Waals surface area (Å²) in [7, 11) is 0. The van der Waals surface area contributed by atoms with E-state index in [0.29, 0.717) is 23.9 Å². The van der Waals surface area contributed by atoms with Gasteiger partial charge in [0.15, 0.2) is 5.69 Å². The standard InChI is InChI=1S/C15H17ClN4O2/c1-9-13(16)14(20-19-9)15(21)18-12-8-22-7-11(12)6-10-2-4-17-5-3-10/h2-5,11-12H,6-8H2,1H3,(H,18,21)(H,19,20). The molecule has 0 spiro atoms. The predicted molar refractivity (Wildman–Crippen MR) is 81.8 cm³/mol. The van der Waals surface area contributed by atoms with Crippen LogP contribution in [0, 0.1) is 12.8 Å². The molecule has 1 aliphatic rings. The van der Waals surface area contributed by atoms with Gasteiger partial charge in [0.05, 0.1) is 30.0 Å². The summed E-state index contributed by atoms with van der Waals surface area (Å²) < 4.78 is 5.52. The smallest absolute Gasteiger partial charge is 0.273 e. The maximum absolute atomic E-state index is 12.3. The average Bonchev–Trinajstić information content (AvgIpc) is 3.08. The van der Waals surface area contributed by atoms with Crippen LogP contribution in [0.3, 0.4) is 0 Å². The number of ether oxygens (including phenoxy) is 1. The van der Waals surface area contributed by atoms with E-state index in [1.54, 1.807) is 19.3 Å². The van der Waals surface area contributed by atoms with Crippen LogP contribution in [-0.4, -0.2) is 40.3 Å². The Morgan fingerprint density at radius 1 is 1.45 bits per heavy atom. The minimum absolute atomic E-state index is 0.0475. The van der Waals surface area contributed by atoms with E-state index in [-0.39, 0.29) is 23.6 Å². The summed E-state index contributed by atoms with van der Waals surface area (Å²) >= 11 is 6.06. The normalized spacial score (nSPS) is 21.0. The van der Waals surface area contributed by atoms with Crippen LogP contribution in [0.5, 0.6) is 0 Å². The van der Waals surface area contributed by atoms with Gasteiger partial charge in [-0.2, -0.15) is 5.10 Å². The van der Waals surface area contributed by atoms with Crippen molar-refractivity contribution in [3.05, 3.63) is 46.5 Å². The quantitative estimate of drug-likeness (QED) is 0.899. The Hall–Kier alpha value is -1.92. The van der Waals surface area contributed by atoms with Gasteiger partial charge < -0.3 is 10.1 Å². The van der Waals surface area contributed by atoms with Gasteiger partial charge in [-0.1, -0.05) is 11.6 Å². The third-order valence-electron chi connectivity index (χ3n) is 3.85. The molecule has 6 nitrogen and oxygen atoms in total. The SMILES string of the molecule is Cc1[nH]nc(C(=O)NC2COCC2Cc2ccncc2)c1Cl. The molecule has 1 fully saturated rings. The fraction of sp³-hybridized carbons (Fsp3) is 0.400. The Bertz CT molecular complexity index is 659. The summed E-state index contributed by atoms with van der Waals surface area (Å²) in [4.78, 5) is 16.3. The van der Waals surface area contributed by atoms with Crippen molar-refractivity contribution < 1.29 is 9.53 Å². The molecular weight excluding hydrogens is 304 g/mol. The summed E-state index contributed by atoms with van der Waals surface area (Å²) in [6, 6.07) is 3.91. The monoisotopic (exact) mass is 320 g/mol. The number of H-pyrrole nitrogens is 1. The fourth-order valence-electron chi connectivity index (χ4n) is 2.58. The summed E-state index contributed by atoms with van der Waals surface area (Å²) in [5, 5.41) is 10.00. The third kappa shape index (κ3) is 3.13. The van der Waals surface area contributed by atoms with Gasteiger partial charge in [0.2, 0.25) is 0 Å². The first-order valence-electron chi connectivity index (χ1n) is 7.13. The van der Waals surface area contributed by atoms with Gasteiger partial charge in [0.1, 0.15) is 0 Å². The number of pyridine rings is 1. The lowest BCUT2D eigenvalue weighted by atomic mass is 9.95. The van der Waals surface area contributed by atoms with Crippen LogP contribution in [-0.2, 0) is 11.2 Å². The van der Waals surface area contributed by atoms with Crippen LogP contribution in [0.15, 0.2) is 24.5 Å². The summed E-state index contributed by atoms with van der Waals surface area (Å²) in [5.74, 6) is -0.0465. The van der Waals surface area contributed by atoms with Gasteiger partial charge in [0.25, 0.3) is 5.91 Å². The molecule has 1 aliphatic heterocycles. The van der Waals surface area contributed by atoms with Crippen LogP contribution in [0.4, 0.5) is 0 Å². The zero-order chi connectivity index (χ0) is 15.5. The summed E-state index contributed by atoms with van der Waals surface area (Å²) in [6.45, 7) is 2.90. The number of carbonyl (C=O) groups excluding carboxylic acids is 1. The van der Waals surface area contributed by atoms with Gasteiger partial charge in [-0.25, -0.2) is 0 Å². The Labute approximate surface area is 133 Å². The largest absolute Gasteiger partial charge is 0.379 e. The Morgan fingerprint density at radius 3 is 2.91 bits per heavy atom.